The first kappa shape index (κ1) is 22.1. The van der Waals surface area contributed by atoms with Crippen LogP contribution in [0.4, 0.5) is 18.9 Å². The molecule has 3 aromatic heterocycles. The van der Waals surface area contributed by atoms with E-state index in [1.807, 2.05) is 0 Å². The zero-order valence-corrected chi connectivity index (χ0v) is 18.2. The summed E-state index contributed by atoms with van der Waals surface area (Å²) in [5.74, 6) is -0.455. The number of imidazole rings is 1. The summed E-state index contributed by atoms with van der Waals surface area (Å²) in [4.78, 5) is 21.9. The number of nitrogens with zero attached hydrogens (tertiary/aromatic N) is 6. The zero-order valence-electron chi connectivity index (χ0n) is 17.4. The van der Waals surface area contributed by atoms with Crippen LogP contribution in [0.3, 0.4) is 0 Å². The molecule has 1 fully saturated rings. The molecule has 3 aromatic rings. The normalized spacial score (nSPS) is 14.7. The van der Waals surface area contributed by atoms with Gasteiger partial charge in [0.2, 0.25) is 5.91 Å². The summed E-state index contributed by atoms with van der Waals surface area (Å²) in [6.07, 6.45) is -1.71. The first-order valence-corrected chi connectivity index (χ1v) is 11.4. The average molecular weight is 468 g/mol. The van der Waals surface area contributed by atoms with Crippen LogP contribution >= 0.6 is 0 Å². The fourth-order valence-electron chi connectivity index (χ4n) is 3.45. The van der Waals surface area contributed by atoms with Crippen molar-refractivity contribution in [2.75, 3.05) is 10.7 Å². The lowest BCUT2D eigenvalue weighted by Gasteiger charge is -2.21. The van der Waals surface area contributed by atoms with Crippen molar-refractivity contribution >= 4 is 32.6 Å². The minimum absolute atomic E-state index is 0.0101. The van der Waals surface area contributed by atoms with E-state index < -0.39 is 21.7 Å². The van der Waals surface area contributed by atoms with Crippen LogP contribution in [-0.4, -0.2) is 50.9 Å². The highest BCUT2D eigenvalue weighted by molar-refractivity contribution is 7.91. The van der Waals surface area contributed by atoms with Gasteiger partial charge in [0.15, 0.2) is 27.0 Å². The Morgan fingerprint density at radius 2 is 1.94 bits per heavy atom. The molecular formula is C19H19F3N6O3S. The molecule has 0 aliphatic heterocycles. The fraction of sp³-hybridized carbons (Fsp3) is 0.421. The van der Waals surface area contributed by atoms with Gasteiger partial charge < -0.3 is 9.47 Å². The number of aryl methyl sites for hydroxylation is 1. The summed E-state index contributed by atoms with van der Waals surface area (Å²) in [7, 11) is -2.34. The number of halogens is 3. The van der Waals surface area contributed by atoms with Crippen LogP contribution in [0.1, 0.15) is 32.4 Å². The molecule has 1 saturated carbocycles. The third-order valence-electron chi connectivity index (χ3n) is 5.20. The Balaban J connectivity index is 1.92. The highest BCUT2D eigenvalue weighted by Gasteiger charge is 2.35. The molecule has 0 saturated heterocycles. The monoisotopic (exact) mass is 468 g/mol. The molecule has 1 aliphatic carbocycles. The quantitative estimate of drug-likeness (QED) is 0.566. The van der Waals surface area contributed by atoms with Crippen LogP contribution in [0.15, 0.2) is 23.2 Å². The molecule has 1 amide bonds. The Bertz CT molecular complexity index is 1330. The van der Waals surface area contributed by atoms with Crippen LogP contribution in [0, 0.1) is 0 Å². The second-order valence-corrected chi connectivity index (χ2v) is 9.74. The maximum Gasteiger partial charge on any atom is 0.435 e. The Morgan fingerprint density at radius 3 is 2.50 bits per heavy atom. The largest absolute Gasteiger partial charge is 0.435 e. The molecule has 4 rings (SSSR count). The molecule has 0 unspecified atom stereocenters. The average Bonchev–Trinajstić information content (AvgIpc) is 3.50. The van der Waals surface area contributed by atoms with Gasteiger partial charge in [0.1, 0.15) is 11.2 Å². The summed E-state index contributed by atoms with van der Waals surface area (Å²) in [5, 5.41) is 6.80. The molecule has 0 N–H and O–H groups in total. The Kier molecular flexibility index (Phi) is 5.18. The Labute approximate surface area is 181 Å². The number of hydrogen-bond donors (Lipinski definition) is 0. The number of anilines is 1. The summed E-state index contributed by atoms with van der Waals surface area (Å²) >= 11 is 0. The number of carbonyl (C=O) groups is 1. The van der Waals surface area contributed by atoms with Gasteiger partial charge in [0.05, 0.1) is 22.5 Å². The lowest BCUT2D eigenvalue weighted by molar-refractivity contribution is -0.141. The van der Waals surface area contributed by atoms with E-state index in [4.69, 9.17) is 0 Å². The number of carbonyl (C=O) groups excluding carboxylic acids is 1. The van der Waals surface area contributed by atoms with Crippen molar-refractivity contribution in [1.82, 2.24) is 24.7 Å². The maximum absolute atomic E-state index is 13.0. The number of fused-ring (bicyclic) bond motifs is 1. The van der Waals surface area contributed by atoms with Crippen LogP contribution in [0.25, 0.3) is 22.7 Å². The molecule has 13 heteroatoms. The van der Waals surface area contributed by atoms with Crippen LogP contribution in [0.2, 0.25) is 0 Å². The van der Waals surface area contributed by atoms with Crippen molar-refractivity contribution in [1.29, 1.82) is 0 Å². The minimum atomic E-state index is -4.70. The Morgan fingerprint density at radius 1 is 1.25 bits per heavy atom. The third-order valence-corrected chi connectivity index (χ3v) is 6.94. The molecule has 1 aliphatic rings. The fourth-order valence-corrected chi connectivity index (χ4v) is 4.50. The standard InChI is InChI=1S/C19H19F3N6O3S/c1-4-32(30,31)14-7-12(28(10(2)29)11-5-6-11)9-23-16(14)18-24-13-8-15(19(20,21)22)25-26-17(13)27(18)3/h7-9,11H,4-6H2,1-3H3. The van der Waals surface area contributed by atoms with Crippen molar-refractivity contribution < 1.29 is 26.4 Å². The number of alkyl halides is 3. The molecule has 32 heavy (non-hydrogen) atoms. The van der Waals surface area contributed by atoms with E-state index in [2.05, 4.69) is 20.2 Å². The second-order valence-electron chi connectivity index (χ2n) is 7.49. The van der Waals surface area contributed by atoms with E-state index >= 15 is 0 Å². The second kappa shape index (κ2) is 7.50. The lowest BCUT2D eigenvalue weighted by atomic mass is 10.3. The van der Waals surface area contributed by atoms with Crippen molar-refractivity contribution in [2.24, 2.45) is 7.05 Å². The molecule has 0 aromatic carbocycles. The third kappa shape index (κ3) is 3.80. The lowest BCUT2D eigenvalue weighted by Crippen LogP contribution is -2.31. The number of aromatic nitrogens is 5. The van der Waals surface area contributed by atoms with E-state index in [0.29, 0.717) is 5.69 Å². The van der Waals surface area contributed by atoms with Gasteiger partial charge in [0, 0.05) is 26.1 Å². The van der Waals surface area contributed by atoms with Crippen molar-refractivity contribution in [2.45, 2.75) is 43.8 Å². The van der Waals surface area contributed by atoms with E-state index in [9.17, 15) is 26.4 Å². The predicted molar refractivity (Wildman–Crippen MR) is 108 cm³/mol. The molecule has 0 spiro atoms. The van der Waals surface area contributed by atoms with Gasteiger partial charge in [-0.25, -0.2) is 18.4 Å². The van der Waals surface area contributed by atoms with Crippen molar-refractivity contribution in [3.8, 4) is 11.5 Å². The number of hydrogen-bond acceptors (Lipinski definition) is 7. The molecule has 3 heterocycles. The van der Waals surface area contributed by atoms with E-state index in [0.717, 1.165) is 18.9 Å². The smallest absolute Gasteiger partial charge is 0.309 e. The first-order chi connectivity index (χ1) is 14.9. The molecule has 0 radical (unpaired) electrons. The van der Waals surface area contributed by atoms with E-state index in [-0.39, 0.29) is 45.3 Å². The van der Waals surface area contributed by atoms with Gasteiger partial charge >= 0.3 is 6.18 Å². The van der Waals surface area contributed by atoms with Crippen LogP contribution in [0.5, 0.6) is 0 Å². The summed E-state index contributed by atoms with van der Waals surface area (Å²) in [6, 6.07) is 2.11. The molecule has 0 atom stereocenters. The molecule has 9 nitrogen and oxygen atoms in total. The summed E-state index contributed by atoms with van der Waals surface area (Å²) < 4.78 is 66.1. The van der Waals surface area contributed by atoms with Gasteiger partial charge in [-0.3, -0.25) is 4.79 Å². The molecule has 0 bridgehead atoms. The number of amides is 1. The Hall–Kier alpha value is -3.09. The van der Waals surface area contributed by atoms with Gasteiger partial charge in [-0.2, -0.15) is 13.2 Å². The highest BCUT2D eigenvalue weighted by Crippen LogP contribution is 2.36. The molecular weight excluding hydrogens is 449 g/mol. The maximum atomic E-state index is 13.0. The highest BCUT2D eigenvalue weighted by atomic mass is 32.2. The van der Waals surface area contributed by atoms with E-state index in [1.54, 1.807) is 0 Å². The van der Waals surface area contributed by atoms with Gasteiger partial charge in [-0.05, 0) is 18.9 Å². The number of rotatable bonds is 5. The minimum Gasteiger partial charge on any atom is -0.309 e. The SMILES string of the molecule is CCS(=O)(=O)c1cc(N(C(C)=O)C2CC2)cnc1-c1nc2cc(C(F)(F)F)nnc2n1C. The van der Waals surface area contributed by atoms with Gasteiger partial charge in [-0.15, -0.1) is 10.2 Å². The van der Waals surface area contributed by atoms with Gasteiger partial charge in [0.25, 0.3) is 0 Å². The van der Waals surface area contributed by atoms with E-state index in [1.165, 1.54) is 42.6 Å². The summed E-state index contributed by atoms with van der Waals surface area (Å²) in [6.45, 7) is 2.86. The summed E-state index contributed by atoms with van der Waals surface area (Å²) in [5.41, 5.74) is -0.959. The van der Waals surface area contributed by atoms with Crippen molar-refractivity contribution in [3.63, 3.8) is 0 Å². The van der Waals surface area contributed by atoms with Crippen LogP contribution < -0.4 is 4.90 Å². The number of sulfone groups is 1. The van der Waals surface area contributed by atoms with Crippen molar-refractivity contribution in [3.05, 3.63) is 24.0 Å². The van der Waals surface area contributed by atoms with Gasteiger partial charge in [-0.1, -0.05) is 6.92 Å². The topological polar surface area (TPSA) is 111 Å². The zero-order chi connectivity index (χ0) is 23.4. The van der Waals surface area contributed by atoms with Crippen LogP contribution in [-0.2, 0) is 27.9 Å². The predicted octanol–water partition coefficient (Wildman–Crippen LogP) is 2.75. The first-order valence-electron chi connectivity index (χ1n) is 9.74. The number of pyridine rings is 1. The molecule has 170 valence electrons.